The van der Waals surface area contributed by atoms with Crippen LogP contribution in [0.4, 0.5) is 0 Å². The Morgan fingerprint density at radius 2 is 1.74 bits per heavy atom. The Labute approximate surface area is 141 Å². The normalized spacial score (nSPS) is 11.3. The monoisotopic (exact) mass is 352 g/mol. The molecule has 0 amide bonds. The lowest BCUT2D eigenvalue weighted by atomic mass is 10.1. The van der Waals surface area contributed by atoms with Crippen LogP contribution in [0.3, 0.4) is 0 Å². The minimum atomic E-state index is -3.54. The minimum absolute atomic E-state index is 0.140. The largest absolute Gasteiger partial charge is 0.426 e. The summed E-state index contributed by atoms with van der Waals surface area (Å²) >= 11 is 5.74. The summed E-state index contributed by atoms with van der Waals surface area (Å²) in [6.45, 7) is 3.78. The van der Waals surface area contributed by atoms with Crippen molar-refractivity contribution in [2.75, 3.05) is 5.75 Å². The van der Waals surface area contributed by atoms with E-state index in [1.807, 2.05) is 26.0 Å². The highest BCUT2D eigenvalue weighted by Crippen LogP contribution is 2.20. The molecule has 0 spiro atoms. The molecule has 4 nitrogen and oxygen atoms in total. The van der Waals surface area contributed by atoms with Crippen molar-refractivity contribution >= 4 is 27.4 Å². The van der Waals surface area contributed by atoms with E-state index in [1.165, 1.54) is 24.3 Å². The van der Waals surface area contributed by atoms with Gasteiger partial charge in [0.1, 0.15) is 5.75 Å². The van der Waals surface area contributed by atoms with Crippen molar-refractivity contribution in [3.63, 3.8) is 0 Å². The second kappa shape index (κ2) is 7.15. The lowest BCUT2D eigenvalue weighted by molar-refractivity contribution is -0.133. The summed E-state index contributed by atoms with van der Waals surface area (Å²) in [4.78, 5) is 12.0. The van der Waals surface area contributed by atoms with Crippen LogP contribution in [0.5, 0.6) is 5.75 Å². The van der Waals surface area contributed by atoms with Crippen LogP contribution in [0, 0.1) is 13.8 Å². The fourth-order valence-electron chi connectivity index (χ4n) is 2.06. The van der Waals surface area contributed by atoms with Crippen LogP contribution in [-0.2, 0) is 14.6 Å². The number of hydrogen-bond donors (Lipinski definition) is 0. The summed E-state index contributed by atoms with van der Waals surface area (Å²) in [5.74, 6) is -0.433. The number of esters is 1. The molecule has 2 rings (SSSR count). The number of rotatable bonds is 5. The number of ether oxygens (including phenoxy) is 1. The van der Waals surface area contributed by atoms with Gasteiger partial charge >= 0.3 is 5.97 Å². The first-order valence-corrected chi connectivity index (χ1v) is 9.07. The maximum atomic E-state index is 12.2. The Hall–Kier alpha value is -1.85. The summed E-state index contributed by atoms with van der Waals surface area (Å²) in [6.07, 6.45) is -0.210. The molecule has 0 heterocycles. The highest BCUT2D eigenvalue weighted by molar-refractivity contribution is 7.91. The lowest BCUT2D eigenvalue weighted by Crippen LogP contribution is -2.16. The van der Waals surface area contributed by atoms with Crippen molar-refractivity contribution in [2.45, 2.75) is 25.2 Å². The zero-order valence-electron chi connectivity index (χ0n) is 12.9. The van der Waals surface area contributed by atoms with Crippen LogP contribution in [0.1, 0.15) is 17.5 Å². The third-order valence-corrected chi connectivity index (χ3v) is 5.29. The molecule has 0 aliphatic heterocycles. The summed E-state index contributed by atoms with van der Waals surface area (Å²) in [5, 5.41) is 0.457. The highest BCUT2D eigenvalue weighted by atomic mass is 35.5. The van der Waals surface area contributed by atoms with Crippen LogP contribution in [0.2, 0.25) is 5.02 Å². The van der Waals surface area contributed by atoms with Crippen molar-refractivity contribution in [1.82, 2.24) is 0 Å². The predicted molar refractivity (Wildman–Crippen MR) is 89.7 cm³/mol. The van der Waals surface area contributed by atoms with Gasteiger partial charge in [-0.1, -0.05) is 29.3 Å². The fourth-order valence-corrected chi connectivity index (χ4v) is 3.41. The van der Waals surface area contributed by atoms with E-state index in [9.17, 15) is 13.2 Å². The van der Waals surface area contributed by atoms with Crippen LogP contribution in [0.15, 0.2) is 47.4 Å². The maximum Gasteiger partial charge on any atom is 0.312 e. The Bertz CT molecular complexity index is 811. The van der Waals surface area contributed by atoms with Gasteiger partial charge in [-0.2, -0.15) is 0 Å². The van der Waals surface area contributed by atoms with Gasteiger partial charge in [0.05, 0.1) is 17.1 Å². The molecule has 0 aromatic heterocycles. The number of carbonyl (C=O) groups excluding carboxylic acids is 1. The number of carbonyl (C=O) groups is 1. The third kappa shape index (κ3) is 4.81. The molecule has 0 bridgehead atoms. The van der Waals surface area contributed by atoms with E-state index in [2.05, 4.69) is 0 Å². The topological polar surface area (TPSA) is 60.4 Å². The van der Waals surface area contributed by atoms with E-state index >= 15 is 0 Å². The molecular weight excluding hydrogens is 336 g/mol. The van der Waals surface area contributed by atoms with E-state index in [0.29, 0.717) is 10.8 Å². The molecule has 0 atom stereocenters. The average Bonchev–Trinajstić information content (AvgIpc) is 2.49. The first kappa shape index (κ1) is 17.5. The van der Waals surface area contributed by atoms with Gasteiger partial charge in [0.2, 0.25) is 0 Å². The van der Waals surface area contributed by atoms with Crippen molar-refractivity contribution in [3.05, 3.63) is 58.6 Å². The fraction of sp³-hybridized carbons (Fsp3) is 0.235. The van der Waals surface area contributed by atoms with Crippen LogP contribution in [-0.4, -0.2) is 20.1 Å². The molecule has 0 aliphatic rings. The molecule has 0 radical (unpaired) electrons. The van der Waals surface area contributed by atoms with Gasteiger partial charge in [0, 0.05) is 5.02 Å². The quantitative estimate of drug-likeness (QED) is 0.607. The number of halogens is 1. The first-order chi connectivity index (χ1) is 10.8. The van der Waals surface area contributed by atoms with Gasteiger partial charge in [-0.15, -0.1) is 0 Å². The molecule has 23 heavy (non-hydrogen) atoms. The number of benzene rings is 2. The van der Waals surface area contributed by atoms with Gasteiger partial charge in [-0.25, -0.2) is 8.42 Å². The van der Waals surface area contributed by atoms with Crippen LogP contribution in [0.25, 0.3) is 0 Å². The molecule has 122 valence electrons. The number of aryl methyl sites for hydroxylation is 2. The van der Waals surface area contributed by atoms with E-state index in [1.54, 1.807) is 6.07 Å². The first-order valence-electron chi connectivity index (χ1n) is 7.04. The second-order valence-electron chi connectivity index (χ2n) is 5.27. The van der Waals surface area contributed by atoms with Gasteiger partial charge in [0.25, 0.3) is 0 Å². The Morgan fingerprint density at radius 1 is 1.09 bits per heavy atom. The molecule has 0 unspecified atom stereocenters. The van der Waals surface area contributed by atoms with Gasteiger partial charge in [0.15, 0.2) is 9.84 Å². The summed E-state index contributed by atoms with van der Waals surface area (Å²) in [6, 6.07) is 11.3. The Morgan fingerprint density at radius 3 is 2.35 bits per heavy atom. The van der Waals surface area contributed by atoms with E-state index < -0.39 is 15.8 Å². The highest BCUT2D eigenvalue weighted by Gasteiger charge is 2.17. The Balaban J connectivity index is 1.99. The standard InChI is InChI=1S/C17H17ClO4S/c1-12-3-8-16(13(2)11-12)22-17(19)9-10-23(20,21)15-6-4-14(18)5-7-15/h3-8,11H,9-10H2,1-2H3. The van der Waals surface area contributed by atoms with E-state index in [-0.39, 0.29) is 17.1 Å². The van der Waals surface area contributed by atoms with Crippen LogP contribution < -0.4 is 4.74 Å². The second-order valence-corrected chi connectivity index (χ2v) is 7.81. The zero-order chi connectivity index (χ0) is 17.0. The maximum absolute atomic E-state index is 12.2. The summed E-state index contributed by atoms with van der Waals surface area (Å²) < 4.78 is 29.5. The van der Waals surface area contributed by atoms with Crippen molar-refractivity contribution < 1.29 is 17.9 Å². The lowest BCUT2D eigenvalue weighted by Gasteiger charge is -2.08. The summed E-state index contributed by atoms with van der Waals surface area (Å²) in [7, 11) is -3.54. The van der Waals surface area contributed by atoms with E-state index in [0.717, 1.165) is 11.1 Å². The molecule has 0 saturated heterocycles. The molecule has 0 N–H and O–H groups in total. The number of hydrogen-bond acceptors (Lipinski definition) is 4. The smallest absolute Gasteiger partial charge is 0.312 e. The molecule has 2 aromatic carbocycles. The zero-order valence-corrected chi connectivity index (χ0v) is 14.4. The van der Waals surface area contributed by atoms with E-state index in [4.69, 9.17) is 16.3 Å². The minimum Gasteiger partial charge on any atom is -0.426 e. The molecule has 0 aliphatic carbocycles. The molecule has 6 heteroatoms. The summed E-state index contributed by atoms with van der Waals surface area (Å²) in [5.41, 5.74) is 1.89. The van der Waals surface area contributed by atoms with Crippen molar-refractivity contribution in [2.24, 2.45) is 0 Å². The number of sulfone groups is 1. The van der Waals surface area contributed by atoms with Crippen molar-refractivity contribution in [3.8, 4) is 5.75 Å². The SMILES string of the molecule is Cc1ccc(OC(=O)CCS(=O)(=O)c2ccc(Cl)cc2)c(C)c1. The molecular formula is C17H17ClO4S. The molecule has 0 saturated carbocycles. The van der Waals surface area contributed by atoms with Crippen LogP contribution >= 0.6 is 11.6 Å². The van der Waals surface area contributed by atoms with Gasteiger partial charge in [-0.3, -0.25) is 4.79 Å². The third-order valence-electron chi connectivity index (χ3n) is 3.30. The molecule has 0 fully saturated rings. The Kier molecular flexibility index (Phi) is 5.44. The average molecular weight is 353 g/mol. The van der Waals surface area contributed by atoms with Gasteiger partial charge < -0.3 is 4.74 Å². The molecule has 2 aromatic rings. The predicted octanol–water partition coefficient (Wildman–Crippen LogP) is 3.73. The van der Waals surface area contributed by atoms with Gasteiger partial charge in [-0.05, 0) is 49.7 Å². The van der Waals surface area contributed by atoms with Crippen molar-refractivity contribution in [1.29, 1.82) is 0 Å².